The third-order valence-corrected chi connectivity index (χ3v) is 4.31. The molecule has 1 aromatic carbocycles. The molecular weight excluding hydrogens is 296 g/mol. The lowest BCUT2D eigenvalue weighted by atomic mass is 9.98. The zero-order valence-corrected chi connectivity index (χ0v) is 14.3. The van der Waals surface area contributed by atoms with Crippen molar-refractivity contribution in [2.75, 3.05) is 25.0 Å². The molecule has 0 bridgehead atoms. The summed E-state index contributed by atoms with van der Waals surface area (Å²) < 4.78 is 5.13. The van der Waals surface area contributed by atoms with Gasteiger partial charge < -0.3 is 15.0 Å². The minimum Gasteiger partial charge on any atom is -0.466 e. The fourth-order valence-corrected chi connectivity index (χ4v) is 3.04. The average Bonchev–Trinajstić information content (AvgIpc) is 2.50. The first-order valence-corrected chi connectivity index (χ1v) is 8.22. The van der Waals surface area contributed by atoms with Crippen LogP contribution >= 0.6 is 12.2 Å². The number of nitrogens with zero attached hydrogens (tertiary/aromatic N) is 1. The van der Waals surface area contributed by atoms with Crippen LogP contribution in [0.3, 0.4) is 0 Å². The van der Waals surface area contributed by atoms with Gasteiger partial charge in [0.2, 0.25) is 0 Å². The van der Waals surface area contributed by atoms with E-state index in [9.17, 15) is 4.79 Å². The largest absolute Gasteiger partial charge is 0.466 e. The van der Waals surface area contributed by atoms with Crippen molar-refractivity contribution in [2.45, 2.75) is 33.6 Å². The van der Waals surface area contributed by atoms with Crippen molar-refractivity contribution in [3.8, 4) is 0 Å². The van der Waals surface area contributed by atoms with Crippen LogP contribution in [0.2, 0.25) is 0 Å². The molecule has 1 atom stereocenters. The van der Waals surface area contributed by atoms with E-state index < -0.39 is 0 Å². The summed E-state index contributed by atoms with van der Waals surface area (Å²) in [4.78, 5) is 14.0. The van der Waals surface area contributed by atoms with Gasteiger partial charge in [0.25, 0.3) is 0 Å². The number of benzene rings is 1. The molecule has 22 heavy (non-hydrogen) atoms. The van der Waals surface area contributed by atoms with Gasteiger partial charge in [0.1, 0.15) is 0 Å². The molecular formula is C17H24N2O2S. The Hall–Kier alpha value is -1.62. The van der Waals surface area contributed by atoms with Crippen molar-refractivity contribution in [1.82, 2.24) is 4.90 Å². The van der Waals surface area contributed by atoms with Gasteiger partial charge in [0.15, 0.2) is 5.11 Å². The van der Waals surface area contributed by atoms with Crippen LogP contribution in [0.15, 0.2) is 18.2 Å². The van der Waals surface area contributed by atoms with Crippen molar-refractivity contribution in [3.63, 3.8) is 0 Å². The van der Waals surface area contributed by atoms with Crippen LogP contribution in [0.4, 0.5) is 5.69 Å². The van der Waals surface area contributed by atoms with Crippen molar-refractivity contribution in [1.29, 1.82) is 0 Å². The normalized spacial score (nSPS) is 18.0. The summed E-state index contributed by atoms with van der Waals surface area (Å²) in [6, 6.07) is 6.24. The number of aryl methyl sites for hydroxylation is 2. The molecule has 0 unspecified atom stereocenters. The van der Waals surface area contributed by atoms with E-state index in [2.05, 4.69) is 36.2 Å². The number of nitrogens with one attached hydrogen (secondary N) is 1. The number of carbonyl (C=O) groups is 1. The van der Waals surface area contributed by atoms with Gasteiger partial charge in [-0.05, 0) is 57.5 Å². The fraction of sp³-hybridized carbons (Fsp3) is 0.529. The second-order valence-corrected chi connectivity index (χ2v) is 6.17. The number of likely N-dealkylation sites (tertiary alicyclic amines) is 1. The quantitative estimate of drug-likeness (QED) is 0.684. The summed E-state index contributed by atoms with van der Waals surface area (Å²) in [5.74, 6) is -0.186. The van der Waals surface area contributed by atoms with Crippen molar-refractivity contribution < 1.29 is 9.53 Å². The number of esters is 1. The number of anilines is 1. The van der Waals surface area contributed by atoms with Gasteiger partial charge in [0, 0.05) is 18.8 Å². The minimum atomic E-state index is -0.110. The maximum Gasteiger partial charge on any atom is 0.310 e. The van der Waals surface area contributed by atoms with E-state index in [1.165, 1.54) is 11.1 Å². The molecule has 1 aliphatic heterocycles. The topological polar surface area (TPSA) is 41.6 Å². The predicted molar refractivity (Wildman–Crippen MR) is 93.1 cm³/mol. The molecule has 0 radical (unpaired) electrons. The standard InChI is InChI=1S/C17H24N2O2S/c1-4-21-16(20)14-6-5-9-19(11-14)17(22)18-15-8-7-12(2)10-13(15)3/h7-8,10,14H,4-6,9,11H2,1-3H3,(H,18,22)/t14-/m1/s1. The number of thiocarbonyl (C=S) groups is 1. The smallest absolute Gasteiger partial charge is 0.310 e. The molecule has 4 nitrogen and oxygen atoms in total. The molecule has 1 fully saturated rings. The van der Waals surface area contributed by atoms with Gasteiger partial charge in [-0.25, -0.2) is 0 Å². The highest BCUT2D eigenvalue weighted by Crippen LogP contribution is 2.21. The molecule has 2 rings (SSSR count). The zero-order valence-electron chi connectivity index (χ0n) is 13.5. The Morgan fingerprint density at radius 3 is 2.91 bits per heavy atom. The third-order valence-electron chi connectivity index (χ3n) is 3.95. The lowest BCUT2D eigenvalue weighted by molar-refractivity contribution is -0.149. The molecule has 5 heteroatoms. The van der Waals surface area contributed by atoms with Gasteiger partial charge in [-0.1, -0.05) is 17.7 Å². The predicted octanol–water partition coefficient (Wildman–Crippen LogP) is 3.28. The van der Waals surface area contributed by atoms with Crippen molar-refractivity contribution in [2.24, 2.45) is 5.92 Å². The average molecular weight is 320 g/mol. The number of carbonyl (C=O) groups excluding carboxylic acids is 1. The molecule has 1 aromatic rings. The molecule has 120 valence electrons. The number of hydrogen-bond acceptors (Lipinski definition) is 3. The number of hydrogen-bond donors (Lipinski definition) is 1. The Labute approximate surface area is 137 Å². The van der Waals surface area contributed by atoms with Crippen molar-refractivity contribution >= 4 is 29.0 Å². The second kappa shape index (κ2) is 7.58. The van der Waals surface area contributed by atoms with E-state index in [0.717, 1.165) is 25.1 Å². The van der Waals surface area contributed by atoms with Crippen molar-refractivity contribution in [3.05, 3.63) is 29.3 Å². The first-order chi connectivity index (χ1) is 10.5. The summed E-state index contributed by atoms with van der Waals surface area (Å²) in [5.41, 5.74) is 3.42. The van der Waals surface area contributed by atoms with Crippen LogP contribution in [0.25, 0.3) is 0 Å². The van der Waals surface area contributed by atoms with Crippen LogP contribution in [0.1, 0.15) is 30.9 Å². The molecule has 0 spiro atoms. The SMILES string of the molecule is CCOC(=O)[C@@H]1CCCN(C(=S)Nc2ccc(C)cc2C)C1. The van der Waals surface area contributed by atoms with E-state index >= 15 is 0 Å². The van der Waals surface area contributed by atoms with Crippen LogP contribution in [0, 0.1) is 19.8 Å². The zero-order chi connectivity index (χ0) is 16.1. The van der Waals surface area contributed by atoms with Crippen LogP contribution < -0.4 is 5.32 Å². The van der Waals surface area contributed by atoms with Crippen LogP contribution in [-0.2, 0) is 9.53 Å². The molecule has 1 N–H and O–H groups in total. The number of ether oxygens (including phenoxy) is 1. The van der Waals surface area contributed by atoms with E-state index in [1.807, 2.05) is 13.0 Å². The monoisotopic (exact) mass is 320 g/mol. The Balaban J connectivity index is 1.98. The third kappa shape index (κ3) is 4.19. The highest BCUT2D eigenvalue weighted by molar-refractivity contribution is 7.80. The molecule has 1 aliphatic rings. The summed E-state index contributed by atoms with van der Waals surface area (Å²) >= 11 is 5.52. The van der Waals surface area contributed by atoms with Gasteiger partial charge in [-0.15, -0.1) is 0 Å². The second-order valence-electron chi connectivity index (χ2n) is 5.79. The van der Waals surface area contributed by atoms with Gasteiger partial charge in [-0.3, -0.25) is 4.79 Å². The maximum atomic E-state index is 11.9. The van der Waals surface area contributed by atoms with E-state index in [4.69, 9.17) is 17.0 Å². The first kappa shape index (κ1) is 16.7. The number of piperidine rings is 1. The Morgan fingerprint density at radius 2 is 2.23 bits per heavy atom. The highest BCUT2D eigenvalue weighted by atomic mass is 32.1. The Morgan fingerprint density at radius 1 is 1.45 bits per heavy atom. The minimum absolute atomic E-state index is 0.0763. The van der Waals surface area contributed by atoms with Gasteiger partial charge in [-0.2, -0.15) is 0 Å². The summed E-state index contributed by atoms with van der Waals surface area (Å²) in [5, 5.41) is 3.99. The Bertz CT molecular complexity index is 560. The number of rotatable bonds is 3. The molecule has 1 saturated heterocycles. The van der Waals surface area contributed by atoms with E-state index in [1.54, 1.807) is 0 Å². The van der Waals surface area contributed by atoms with E-state index in [-0.39, 0.29) is 11.9 Å². The maximum absolute atomic E-state index is 11.9. The molecule has 0 amide bonds. The molecule has 0 saturated carbocycles. The van der Waals surface area contributed by atoms with Crippen LogP contribution in [-0.4, -0.2) is 35.7 Å². The van der Waals surface area contributed by atoms with Gasteiger partial charge >= 0.3 is 5.97 Å². The highest BCUT2D eigenvalue weighted by Gasteiger charge is 2.28. The molecule has 1 heterocycles. The first-order valence-electron chi connectivity index (χ1n) is 7.81. The molecule has 0 aliphatic carbocycles. The Kier molecular flexibility index (Phi) is 5.77. The molecule has 0 aromatic heterocycles. The fourth-order valence-electron chi connectivity index (χ4n) is 2.76. The summed E-state index contributed by atoms with van der Waals surface area (Å²) in [6.07, 6.45) is 1.83. The lowest BCUT2D eigenvalue weighted by Gasteiger charge is -2.33. The van der Waals surface area contributed by atoms with E-state index in [0.29, 0.717) is 18.3 Å². The lowest BCUT2D eigenvalue weighted by Crippen LogP contribution is -2.44. The summed E-state index contributed by atoms with van der Waals surface area (Å²) in [7, 11) is 0. The van der Waals surface area contributed by atoms with Crippen LogP contribution in [0.5, 0.6) is 0 Å². The summed E-state index contributed by atoms with van der Waals surface area (Å²) in [6.45, 7) is 7.92. The van der Waals surface area contributed by atoms with Gasteiger partial charge in [0.05, 0.1) is 12.5 Å².